The summed E-state index contributed by atoms with van der Waals surface area (Å²) < 4.78 is 5.53. The predicted molar refractivity (Wildman–Crippen MR) is 159 cm³/mol. The second-order valence-electron chi connectivity index (χ2n) is 10.2. The number of para-hydroxylation sites is 2. The van der Waals surface area contributed by atoms with E-state index in [4.69, 9.17) is 32.8 Å². The molecule has 210 valence electrons. The largest absolute Gasteiger partial charge is 0.415 e. The number of nitrogen functional groups attached to an aromatic ring is 1. The predicted octanol–water partition coefficient (Wildman–Crippen LogP) is 5.36. The van der Waals surface area contributed by atoms with Crippen molar-refractivity contribution >= 4 is 34.6 Å². The summed E-state index contributed by atoms with van der Waals surface area (Å²) in [6.45, 7) is 1.10. The van der Waals surface area contributed by atoms with E-state index in [1.54, 1.807) is 29.3 Å². The number of aryl methyl sites for hydroxylation is 1. The number of amides is 1. The highest BCUT2D eigenvalue weighted by Gasteiger charge is 2.34. The van der Waals surface area contributed by atoms with Crippen molar-refractivity contribution in [3.05, 3.63) is 112 Å². The summed E-state index contributed by atoms with van der Waals surface area (Å²) >= 11 is 6.44. The lowest BCUT2D eigenvalue weighted by molar-refractivity contribution is 0.148. The third kappa shape index (κ3) is 5.59. The molecule has 10 heteroatoms. The molecule has 2 aliphatic heterocycles. The maximum Gasteiger partial charge on any atom is 0.415 e. The zero-order valence-electron chi connectivity index (χ0n) is 22.4. The van der Waals surface area contributed by atoms with Gasteiger partial charge in [-0.1, -0.05) is 35.4 Å². The summed E-state index contributed by atoms with van der Waals surface area (Å²) in [5.41, 5.74) is 13.1. The van der Waals surface area contributed by atoms with Gasteiger partial charge in [0.15, 0.2) is 11.5 Å². The Hall–Kier alpha value is -4.47. The van der Waals surface area contributed by atoms with Gasteiger partial charge in [-0.2, -0.15) is 0 Å². The third-order valence-corrected chi connectivity index (χ3v) is 7.92. The topological polar surface area (TPSA) is 119 Å². The van der Waals surface area contributed by atoms with Gasteiger partial charge in [0.05, 0.1) is 17.9 Å². The van der Waals surface area contributed by atoms with Crippen LogP contribution < -0.4 is 26.8 Å². The Morgan fingerprint density at radius 1 is 1.07 bits per heavy atom. The fourth-order valence-corrected chi connectivity index (χ4v) is 5.87. The van der Waals surface area contributed by atoms with Gasteiger partial charge in [-0.3, -0.25) is 4.98 Å². The van der Waals surface area contributed by atoms with Crippen molar-refractivity contribution in [2.45, 2.75) is 31.7 Å². The van der Waals surface area contributed by atoms with Crippen LogP contribution in [0.25, 0.3) is 5.57 Å². The number of anilines is 2. The minimum absolute atomic E-state index is 0.122. The van der Waals surface area contributed by atoms with Gasteiger partial charge in [0, 0.05) is 36.1 Å². The lowest BCUT2D eigenvalue weighted by atomic mass is 9.84. The fraction of sp³-hybridized carbons (Fsp3) is 0.226. The molecule has 1 unspecified atom stereocenters. The summed E-state index contributed by atoms with van der Waals surface area (Å²) in [7, 11) is 0. The van der Waals surface area contributed by atoms with Crippen molar-refractivity contribution < 1.29 is 14.4 Å². The van der Waals surface area contributed by atoms with Gasteiger partial charge < -0.3 is 25.5 Å². The number of hydrogen-bond acceptors (Lipinski definition) is 8. The number of pyridine rings is 1. The van der Waals surface area contributed by atoms with Crippen molar-refractivity contribution in [1.82, 2.24) is 15.2 Å². The van der Waals surface area contributed by atoms with Crippen LogP contribution in [0.15, 0.2) is 96.2 Å². The first-order chi connectivity index (χ1) is 20.0. The normalized spacial score (nSPS) is 18.2. The average Bonchev–Trinajstić information content (AvgIpc) is 3.15. The Bertz CT molecular complexity index is 1540. The molecule has 0 saturated carbocycles. The van der Waals surface area contributed by atoms with E-state index in [2.05, 4.69) is 16.4 Å². The van der Waals surface area contributed by atoms with Crippen molar-refractivity contribution in [3.8, 4) is 5.75 Å². The molecule has 1 atom stereocenters. The van der Waals surface area contributed by atoms with Crippen molar-refractivity contribution in [2.75, 3.05) is 24.0 Å². The van der Waals surface area contributed by atoms with Crippen molar-refractivity contribution in [2.24, 2.45) is 5.84 Å². The van der Waals surface area contributed by atoms with Gasteiger partial charge in [-0.25, -0.2) is 10.6 Å². The number of halogens is 1. The van der Waals surface area contributed by atoms with Crippen LogP contribution in [0.3, 0.4) is 0 Å². The van der Waals surface area contributed by atoms with E-state index in [1.165, 1.54) is 28.1 Å². The minimum atomic E-state index is -0.367. The van der Waals surface area contributed by atoms with Crippen LogP contribution in [0.4, 0.5) is 16.2 Å². The van der Waals surface area contributed by atoms with Crippen LogP contribution in [-0.4, -0.2) is 35.1 Å². The molecule has 1 aliphatic carbocycles. The van der Waals surface area contributed by atoms with E-state index >= 15 is 0 Å². The number of carbonyl (C=O) groups excluding carboxylic acids is 1. The molecule has 1 amide bonds. The number of allylic oxidation sites excluding steroid dienone is 1. The van der Waals surface area contributed by atoms with Gasteiger partial charge in [-0.05, 0) is 84.9 Å². The maximum atomic E-state index is 12.8. The number of fused-ring (bicyclic) bond motifs is 2. The van der Waals surface area contributed by atoms with Gasteiger partial charge in [0.2, 0.25) is 0 Å². The van der Waals surface area contributed by atoms with E-state index in [1.807, 2.05) is 42.6 Å². The molecule has 0 radical (unpaired) electrons. The van der Waals surface area contributed by atoms with Crippen LogP contribution in [0.5, 0.6) is 5.75 Å². The summed E-state index contributed by atoms with van der Waals surface area (Å²) in [5, 5.41) is 5.50. The second-order valence-corrected chi connectivity index (χ2v) is 10.6. The number of likely N-dealkylation sites (tertiary alicyclic amines) is 1. The number of ether oxygens (including phenoxy) is 1. The molecule has 2 aromatic carbocycles. The summed E-state index contributed by atoms with van der Waals surface area (Å²) in [6.07, 6.45) is 9.58. The van der Waals surface area contributed by atoms with Crippen molar-refractivity contribution in [3.63, 3.8) is 0 Å². The average molecular weight is 571 g/mol. The van der Waals surface area contributed by atoms with Crippen LogP contribution in [0, 0.1) is 0 Å². The number of hydrazine groups is 1. The molecule has 1 saturated heterocycles. The molecule has 0 bridgehead atoms. The Labute approximate surface area is 243 Å². The lowest BCUT2D eigenvalue weighted by Crippen LogP contribution is -2.40. The van der Waals surface area contributed by atoms with Gasteiger partial charge in [0.1, 0.15) is 5.69 Å². The Morgan fingerprint density at radius 2 is 1.90 bits per heavy atom. The number of nitrogens with zero attached hydrogens (tertiary/aromatic N) is 3. The number of nitrogens with two attached hydrogens (primary N) is 2. The smallest absolute Gasteiger partial charge is 0.409 e. The fourth-order valence-electron chi connectivity index (χ4n) is 5.68. The molecule has 3 aliphatic rings. The number of rotatable bonds is 4. The number of piperidine rings is 1. The standard InChI is InChI=1S/C31H31ClN6O3/c32-22-8-10-24-21(18-22)7-9-25-28(41-38(34)27-6-2-1-5-26(27)33)11-15-36-30(25)29(24)20-12-16-37(17-13-20)31(39)40-23-4-3-14-35-19-23/h1-6,8,10-11,14-15,18-19,30,36H,7,9,12-13,16-17,33-34H2. The van der Waals surface area contributed by atoms with E-state index in [-0.39, 0.29) is 12.1 Å². The van der Waals surface area contributed by atoms with Crippen LogP contribution in [0.1, 0.15) is 30.4 Å². The first kappa shape index (κ1) is 26.7. The molecule has 41 heavy (non-hydrogen) atoms. The number of hydrogen-bond donors (Lipinski definition) is 3. The summed E-state index contributed by atoms with van der Waals surface area (Å²) in [4.78, 5) is 24.8. The number of aromatic nitrogens is 1. The molecule has 3 aromatic rings. The summed E-state index contributed by atoms with van der Waals surface area (Å²) in [5.74, 6) is 7.44. The van der Waals surface area contributed by atoms with Crippen LogP contribution in [-0.2, 0) is 11.3 Å². The molecule has 6 rings (SSSR count). The first-order valence-corrected chi connectivity index (χ1v) is 14.0. The van der Waals surface area contributed by atoms with Crippen LogP contribution in [0.2, 0.25) is 5.02 Å². The quantitative estimate of drug-likeness (QED) is 0.218. The number of benzene rings is 2. The van der Waals surface area contributed by atoms with Gasteiger partial charge >= 0.3 is 6.09 Å². The zero-order chi connectivity index (χ0) is 28.3. The van der Waals surface area contributed by atoms with Gasteiger partial charge in [-0.15, -0.1) is 5.17 Å². The summed E-state index contributed by atoms with van der Waals surface area (Å²) in [6, 6.07) is 16.7. The third-order valence-electron chi connectivity index (χ3n) is 7.69. The zero-order valence-corrected chi connectivity index (χ0v) is 23.2. The second kappa shape index (κ2) is 11.6. The molecule has 0 spiro atoms. The lowest BCUT2D eigenvalue weighted by Gasteiger charge is -2.34. The Kier molecular flexibility index (Phi) is 7.54. The first-order valence-electron chi connectivity index (χ1n) is 13.6. The highest BCUT2D eigenvalue weighted by Crippen LogP contribution is 2.41. The molecule has 3 heterocycles. The molecular weight excluding hydrogens is 540 g/mol. The SMILES string of the molecule is Nc1ccccc1N(N)OC1=C2CCc3cc(Cl)ccc3C(=C3CCN(C(=O)Oc4cccnc4)CC3)C2NC=C1. The van der Waals surface area contributed by atoms with E-state index in [0.717, 1.165) is 24.0 Å². The molecule has 5 N–H and O–H groups in total. The Morgan fingerprint density at radius 3 is 2.68 bits per heavy atom. The highest BCUT2D eigenvalue weighted by atomic mass is 35.5. The maximum absolute atomic E-state index is 12.8. The molecule has 9 nitrogen and oxygen atoms in total. The van der Waals surface area contributed by atoms with E-state index < -0.39 is 0 Å². The number of carbonyl (C=O) groups is 1. The monoisotopic (exact) mass is 570 g/mol. The van der Waals surface area contributed by atoms with E-state index in [0.29, 0.717) is 53.8 Å². The van der Waals surface area contributed by atoms with Crippen LogP contribution >= 0.6 is 11.6 Å². The van der Waals surface area contributed by atoms with E-state index in [9.17, 15) is 4.79 Å². The number of dihydropyridines is 1. The highest BCUT2D eigenvalue weighted by molar-refractivity contribution is 6.30. The minimum Gasteiger partial charge on any atom is -0.409 e. The molecule has 1 aromatic heterocycles. The van der Waals surface area contributed by atoms with Gasteiger partial charge in [0.25, 0.3) is 0 Å². The molecular formula is C31H31ClN6O3. The number of nitrogens with one attached hydrogen (secondary N) is 1. The van der Waals surface area contributed by atoms with Crippen molar-refractivity contribution in [1.29, 1.82) is 0 Å². The Balaban J connectivity index is 1.31. The molecule has 1 fully saturated rings.